The lowest BCUT2D eigenvalue weighted by Crippen LogP contribution is -2.49. The molecule has 1 rings (SSSR count). The molecule has 95 valence electrons. The molecule has 0 atom stereocenters. The predicted molar refractivity (Wildman–Crippen MR) is 68.0 cm³/mol. The second-order valence-corrected chi connectivity index (χ2v) is 5.19. The topological polar surface area (TPSA) is 53.2 Å². The van der Waals surface area contributed by atoms with E-state index >= 15 is 0 Å². The highest BCUT2D eigenvalue weighted by atomic mass is 19.1. The minimum atomic E-state index is -1.05. The largest absolute Gasteiger partial charge is 0.427 e. The first-order valence-corrected chi connectivity index (χ1v) is 5.60. The average molecular weight is 248 g/mol. The van der Waals surface area contributed by atoms with E-state index in [9.17, 15) is 9.50 Å². The van der Waals surface area contributed by atoms with Crippen LogP contribution in [0, 0.1) is 17.1 Å². The van der Waals surface area contributed by atoms with E-state index in [1.165, 1.54) is 19.6 Å². The molecule has 0 fully saturated rings. The first-order valence-electron chi connectivity index (χ1n) is 5.60. The zero-order valence-electron chi connectivity index (χ0n) is 11.0. The Morgan fingerprint density at radius 3 is 2.39 bits per heavy atom. The first-order chi connectivity index (χ1) is 8.15. The van der Waals surface area contributed by atoms with Gasteiger partial charge in [-0.3, -0.25) is 0 Å². The van der Waals surface area contributed by atoms with Gasteiger partial charge in [-0.15, -0.1) is 0 Å². The molecular weight excluding hydrogens is 232 g/mol. The minimum absolute atomic E-state index is 0.228. The molecule has 0 aliphatic carbocycles. The maximum Gasteiger partial charge on any atom is 0.331 e. The number of benzene rings is 1. The van der Waals surface area contributed by atoms with Gasteiger partial charge in [0, 0.05) is 0 Å². The fourth-order valence-electron chi connectivity index (χ4n) is 1.10. The van der Waals surface area contributed by atoms with E-state index in [0.29, 0.717) is 5.46 Å². The summed E-state index contributed by atoms with van der Waals surface area (Å²) in [5.74, 6) is -0.495. The maximum atomic E-state index is 13.2. The van der Waals surface area contributed by atoms with E-state index in [2.05, 4.69) is 0 Å². The number of hydrogen-bond donors (Lipinski definition) is 1. The minimum Gasteiger partial charge on any atom is -0.427 e. The summed E-state index contributed by atoms with van der Waals surface area (Å²) in [5.41, 5.74) is -1.20. The van der Waals surface area contributed by atoms with Crippen molar-refractivity contribution in [2.45, 2.75) is 38.9 Å². The standard InChI is InChI=1S/C13H16BFNO2/c1-12(2,17)13(3,4)18-14-10-5-9(8-16)6-11(15)7-10/h5-7,17H,1-4H3. The molecule has 5 heteroatoms. The lowest BCUT2D eigenvalue weighted by molar-refractivity contribution is -0.0893. The summed E-state index contributed by atoms with van der Waals surface area (Å²) in [6, 6.07) is 5.80. The smallest absolute Gasteiger partial charge is 0.331 e. The van der Waals surface area contributed by atoms with Crippen molar-refractivity contribution in [3.05, 3.63) is 29.6 Å². The molecule has 1 N–H and O–H groups in total. The zero-order valence-corrected chi connectivity index (χ0v) is 11.0. The van der Waals surface area contributed by atoms with E-state index in [0.717, 1.165) is 6.07 Å². The first kappa shape index (κ1) is 14.7. The van der Waals surface area contributed by atoms with E-state index in [-0.39, 0.29) is 5.56 Å². The van der Waals surface area contributed by atoms with Crippen LogP contribution in [0.25, 0.3) is 0 Å². The molecule has 1 aromatic carbocycles. The monoisotopic (exact) mass is 248 g/mol. The van der Waals surface area contributed by atoms with Crippen LogP contribution in [0.2, 0.25) is 0 Å². The summed E-state index contributed by atoms with van der Waals surface area (Å²) < 4.78 is 18.7. The molecule has 0 amide bonds. The number of halogens is 1. The van der Waals surface area contributed by atoms with Gasteiger partial charge in [0.25, 0.3) is 0 Å². The number of aliphatic hydroxyl groups is 1. The number of nitriles is 1. The summed E-state index contributed by atoms with van der Waals surface area (Å²) in [7, 11) is 1.35. The van der Waals surface area contributed by atoms with Crippen LogP contribution in [0.1, 0.15) is 33.3 Å². The Labute approximate surface area is 107 Å². The Balaban J connectivity index is 2.82. The van der Waals surface area contributed by atoms with Crippen molar-refractivity contribution >= 4 is 12.9 Å². The summed E-state index contributed by atoms with van der Waals surface area (Å²) in [4.78, 5) is 0. The average Bonchev–Trinajstić information content (AvgIpc) is 2.24. The molecule has 0 aliphatic rings. The molecule has 3 nitrogen and oxygen atoms in total. The fourth-order valence-corrected chi connectivity index (χ4v) is 1.10. The molecule has 1 radical (unpaired) electrons. The van der Waals surface area contributed by atoms with Gasteiger partial charge in [0.2, 0.25) is 0 Å². The van der Waals surface area contributed by atoms with Crippen molar-refractivity contribution < 1.29 is 14.2 Å². The number of rotatable bonds is 4. The highest BCUT2D eigenvalue weighted by Crippen LogP contribution is 2.24. The van der Waals surface area contributed by atoms with Gasteiger partial charge in [-0.25, -0.2) is 4.39 Å². The molecule has 1 aromatic rings. The van der Waals surface area contributed by atoms with Crippen molar-refractivity contribution in [1.82, 2.24) is 0 Å². The van der Waals surface area contributed by atoms with E-state index in [1.807, 2.05) is 6.07 Å². The molecule has 0 heterocycles. The van der Waals surface area contributed by atoms with Gasteiger partial charge in [-0.05, 0) is 51.4 Å². The summed E-state index contributed by atoms with van der Waals surface area (Å²) in [5, 5.41) is 18.6. The highest BCUT2D eigenvalue weighted by Gasteiger charge is 2.35. The van der Waals surface area contributed by atoms with Crippen molar-refractivity contribution in [1.29, 1.82) is 5.26 Å². The second-order valence-electron chi connectivity index (χ2n) is 5.19. The van der Waals surface area contributed by atoms with Gasteiger partial charge in [0.15, 0.2) is 0 Å². The van der Waals surface area contributed by atoms with Crippen LogP contribution in [0.5, 0.6) is 0 Å². The van der Waals surface area contributed by atoms with E-state index < -0.39 is 17.0 Å². The normalized spacial score (nSPS) is 12.1. The van der Waals surface area contributed by atoms with Crippen molar-refractivity contribution in [2.24, 2.45) is 0 Å². The van der Waals surface area contributed by atoms with Crippen molar-refractivity contribution in [3.8, 4) is 6.07 Å². The maximum absolute atomic E-state index is 13.2. The van der Waals surface area contributed by atoms with Crippen LogP contribution in [-0.2, 0) is 4.65 Å². The van der Waals surface area contributed by atoms with Crippen LogP contribution < -0.4 is 5.46 Å². The van der Waals surface area contributed by atoms with Crippen molar-refractivity contribution in [2.75, 3.05) is 0 Å². The Hall–Kier alpha value is -1.38. The van der Waals surface area contributed by atoms with Gasteiger partial charge < -0.3 is 9.76 Å². The molecular formula is C13H16BFNO2. The SMILES string of the molecule is CC(C)(O)C(C)(C)O[B]c1cc(F)cc(C#N)c1. The van der Waals surface area contributed by atoms with Gasteiger partial charge in [0.1, 0.15) is 5.82 Å². The van der Waals surface area contributed by atoms with Gasteiger partial charge >= 0.3 is 7.48 Å². The number of hydrogen-bond acceptors (Lipinski definition) is 3. The Bertz CT molecular complexity index is 475. The number of nitrogens with zero attached hydrogens (tertiary/aromatic N) is 1. The van der Waals surface area contributed by atoms with E-state index in [4.69, 9.17) is 9.92 Å². The molecule has 0 aliphatic heterocycles. The molecule has 0 aromatic heterocycles. The van der Waals surface area contributed by atoms with Crippen LogP contribution in [0.4, 0.5) is 4.39 Å². The second kappa shape index (κ2) is 5.09. The third kappa shape index (κ3) is 3.56. The summed E-state index contributed by atoms with van der Waals surface area (Å²) in [6.07, 6.45) is 0. The van der Waals surface area contributed by atoms with Crippen LogP contribution in [-0.4, -0.2) is 23.8 Å². The lowest BCUT2D eigenvalue weighted by atomic mass is 9.82. The fraction of sp³-hybridized carbons (Fsp3) is 0.462. The lowest BCUT2D eigenvalue weighted by Gasteiger charge is -2.37. The molecule has 0 bridgehead atoms. The summed E-state index contributed by atoms with van der Waals surface area (Å²) in [6.45, 7) is 6.72. The molecule has 0 saturated heterocycles. The molecule has 0 saturated carbocycles. The van der Waals surface area contributed by atoms with Crippen LogP contribution in [0.3, 0.4) is 0 Å². The molecule has 18 heavy (non-hydrogen) atoms. The Morgan fingerprint density at radius 2 is 1.89 bits per heavy atom. The Morgan fingerprint density at radius 1 is 1.28 bits per heavy atom. The van der Waals surface area contributed by atoms with Gasteiger partial charge in [-0.1, -0.05) is 0 Å². The van der Waals surface area contributed by atoms with Gasteiger partial charge in [0.05, 0.1) is 22.8 Å². The van der Waals surface area contributed by atoms with Gasteiger partial charge in [-0.2, -0.15) is 5.26 Å². The van der Waals surface area contributed by atoms with Crippen molar-refractivity contribution in [3.63, 3.8) is 0 Å². The highest BCUT2D eigenvalue weighted by molar-refractivity contribution is 6.47. The third-order valence-corrected chi connectivity index (χ3v) is 3.01. The van der Waals surface area contributed by atoms with Crippen LogP contribution in [0.15, 0.2) is 18.2 Å². The Kier molecular flexibility index (Phi) is 4.15. The molecule has 0 unspecified atom stereocenters. The summed E-state index contributed by atoms with van der Waals surface area (Å²) >= 11 is 0. The molecule has 0 spiro atoms. The zero-order chi connectivity index (χ0) is 14.0. The predicted octanol–water partition coefficient (Wildman–Crippen LogP) is 1.51. The van der Waals surface area contributed by atoms with E-state index in [1.54, 1.807) is 27.7 Å². The quantitative estimate of drug-likeness (QED) is 0.821. The van der Waals surface area contributed by atoms with Crippen LogP contribution >= 0.6 is 0 Å². The third-order valence-electron chi connectivity index (χ3n) is 3.01.